The molecule has 186 valence electrons. The van der Waals surface area contributed by atoms with E-state index in [0.717, 1.165) is 0 Å². The third-order valence-corrected chi connectivity index (χ3v) is 5.61. The highest BCUT2D eigenvalue weighted by molar-refractivity contribution is 7.80. The molecule has 12 heteroatoms. The van der Waals surface area contributed by atoms with Crippen LogP contribution in [0.25, 0.3) is 0 Å². The fraction of sp³-hybridized carbons (Fsp3) is 0.304. The number of nitrogens with zero attached hydrogens (tertiary/aromatic N) is 2. The number of anilines is 2. The number of carbonyl (C=O) groups excluding carboxylic acids is 3. The maximum absolute atomic E-state index is 14.0. The molecule has 3 amide bonds. The number of nitrogens with one attached hydrogen (secondary N) is 1. The van der Waals surface area contributed by atoms with Crippen LogP contribution in [-0.2, 0) is 9.47 Å². The summed E-state index contributed by atoms with van der Waals surface area (Å²) >= 11 is 4.96. The van der Waals surface area contributed by atoms with E-state index < -0.39 is 23.7 Å². The Hall–Kier alpha value is -3.61. The van der Waals surface area contributed by atoms with Crippen molar-refractivity contribution in [2.75, 3.05) is 37.0 Å². The summed E-state index contributed by atoms with van der Waals surface area (Å²) in [4.78, 5) is 35.4. The van der Waals surface area contributed by atoms with Crippen molar-refractivity contribution in [1.29, 1.82) is 0 Å². The monoisotopic (exact) mass is 505 g/mol. The predicted molar refractivity (Wildman–Crippen MR) is 127 cm³/mol. The van der Waals surface area contributed by atoms with E-state index >= 15 is 0 Å². The van der Waals surface area contributed by atoms with Gasteiger partial charge in [0.2, 0.25) is 0 Å². The highest BCUT2D eigenvalue weighted by Gasteiger charge is 2.34. The van der Waals surface area contributed by atoms with Gasteiger partial charge in [-0.1, -0.05) is 12.1 Å². The zero-order valence-electron chi connectivity index (χ0n) is 18.8. The van der Waals surface area contributed by atoms with Gasteiger partial charge in [0, 0.05) is 13.0 Å². The molecule has 0 unspecified atom stereocenters. The number of aliphatic hydroxyl groups excluding tert-OH is 1. The number of rotatable bonds is 7. The number of benzene rings is 2. The molecular formula is C23H24FN3O7S. The Balaban J connectivity index is 0.000000237. The van der Waals surface area contributed by atoms with Crippen molar-refractivity contribution < 1.29 is 38.6 Å². The lowest BCUT2D eigenvalue weighted by Crippen LogP contribution is -2.25. The Labute approximate surface area is 205 Å². The van der Waals surface area contributed by atoms with Crippen LogP contribution in [0.4, 0.5) is 20.6 Å². The number of thiocarbonyl (C=S) groups is 1. The first-order valence-corrected chi connectivity index (χ1v) is 11.0. The van der Waals surface area contributed by atoms with Crippen LogP contribution in [0.5, 0.6) is 0 Å². The van der Waals surface area contributed by atoms with Gasteiger partial charge < -0.3 is 19.9 Å². The van der Waals surface area contributed by atoms with Crippen LogP contribution < -0.4 is 10.2 Å². The van der Waals surface area contributed by atoms with Crippen LogP contribution in [0.15, 0.2) is 42.5 Å². The fourth-order valence-electron chi connectivity index (χ4n) is 3.45. The molecule has 2 aromatic carbocycles. The van der Waals surface area contributed by atoms with Gasteiger partial charge in [-0.25, -0.2) is 9.18 Å². The van der Waals surface area contributed by atoms with Gasteiger partial charge in [0.1, 0.15) is 11.9 Å². The van der Waals surface area contributed by atoms with E-state index in [1.54, 1.807) is 18.2 Å². The quantitative estimate of drug-likeness (QED) is 0.295. The van der Waals surface area contributed by atoms with Crippen molar-refractivity contribution in [1.82, 2.24) is 5.06 Å². The third kappa shape index (κ3) is 6.10. The minimum absolute atomic E-state index is 0.0926. The molecule has 3 N–H and O–H groups in total. The maximum Gasteiger partial charge on any atom is 0.414 e. The molecule has 0 saturated carbocycles. The smallest absolute Gasteiger partial charge is 0.414 e. The van der Waals surface area contributed by atoms with Crippen LogP contribution >= 0.6 is 12.2 Å². The number of aliphatic hydroxyl groups is 1. The summed E-state index contributed by atoms with van der Waals surface area (Å²) in [6.45, 7) is 0.502. The van der Waals surface area contributed by atoms with E-state index in [2.05, 4.69) is 5.32 Å². The van der Waals surface area contributed by atoms with E-state index in [1.807, 2.05) is 0 Å². The van der Waals surface area contributed by atoms with Gasteiger partial charge in [-0.2, -0.15) is 0 Å². The maximum atomic E-state index is 14.0. The molecule has 0 aromatic heterocycles. The number of amides is 3. The number of hydrogen-bond acceptors (Lipinski definition) is 9. The van der Waals surface area contributed by atoms with E-state index in [1.165, 1.54) is 36.3 Å². The molecule has 0 bridgehead atoms. The summed E-state index contributed by atoms with van der Waals surface area (Å²) in [5.74, 6) is -1.81. The van der Waals surface area contributed by atoms with Crippen LogP contribution in [0.3, 0.4) is 0 Å². The molecule has 2 aromatic rings. The van der Waals surface area contributed by atoms with Gasteiger partial charge >= 0.3 is 6.09 Å². The minimum Gasteiger partial charge on any atom is -0.490 e. The molecule has 1 fully saturated rings. The number of carbonyl (C=O) groups is 3. The van der Waals surface area contributed by atoms with Crippen LogP contribution in [0, 0.1) is 5.82 Å². The van der Waals surface area contributed by atoms with Gasteiger partial charge in [0.25, 0.3) is 11.8 Å². The highest BCUT2D eigenvalue weighted by atomic mass is 32.1. The van der Waals surface area contributed by atoms with Gasteiger partial charge in [0.15, 0.2) is 5.05 Å². The van der Waals surface area contributed by atoms with Crippen molar-refractivity contribution in [3.05, 3.63) is 59.4 Å². The molecule has 10 nitrogen and oxygen atoms in total. The van der Waals surface area contributed by atoms with Crippen molar-refractivity contribution in [2.45, 2.75) is 18.9 Å². The molecule has 0 spiro atoms. The standard InChI is InChI=1S/C15H19FN2O4S.C8H5NO3/c1-21-14(23)5-3-11-9-18(15(20)22-11)10-2-4-13(12(16)8-10)17-6-7-19;10-7-5-3-1-2-4-6(5)8(11)9(7)12/h2,4,8,11,17,19H,3,5-7,9H2,1H3;1-4,12H/t11-;/m0./s1. The second kappa shape index (κ2) is 11.7. The van der Waals surface area contributed by atoms with E-state index in [-0.39, 0.29) is 41.1 Å². The van der Waals surface area contributed by atoms with Gasteiger partial charge in [-0.15, -0.1) is 5.06 Å². The minimum atomic E-state index is -0.657. The second-order valence-electron chi connectivity index (χ2n) is 7.51. The molecule has 0 aliphatic carbocycles. The number of cyclic esters (lactones) is 1. The Morgan fingerprint density at radius 2 is 1.86 bits per heavy atom. The zero-order chi connectivity index (χ0) is 25.5. The Bertz CT molecular complexity index is 1100. The first-order valence-electron chi connectivity index (χ1n) is 10.6. The Morgan fingerprint density at radius 1 is 1.20 bits per heavy atom. The normalized spacial score (nSPS) is 16.5. The molecule has 35 heavy (non-hydrogen) atoms. The summed E-state index contributed by atoms with van der Waals surface area (Å²) in [7, 11) is 1.50. The Kier molecular flexibility index (Phi) is 8.68. The first-order chi connectivity index (χ1) is 16.8. The lowest BCUT2D eigenvalue weighted by Gasteiger charge is -2.15. The van der Waals surface area contributed by atoms with E-state index in [0.29, 0.717) is 30.1 Å². The van der Waals surface area contributed by atoms with Gasteiger partial charge in [-0.05, 0) is 49.0 Å². The summed E-state index contributed by atoms with van der Waals surface area (Å²) in [5.41, 5.74) is 1.21. The summed E-state index contributed by atoms with van der Waals surface area (Å²) < 4.78 is 24.2. The number of methoxy groups -OCH3 is 1. The van der Waals surface area contributed by atoms with Crippen LogP contribution in [0.1, 0.15) is 33.6 Å². The van der Waals surface area contributed by atoms with Crippen molar-refractivity contribution in [3.63, 3.8) is 0 Å². The molecule has 4 rings (SSSR count). The number of ether oxygens (including phenoxy) is 2. The second-order valence-corrected chi connectivity index (χ2v) is 7.97. The first kappa shape index (κ1) is 26.0. The van der Waals surface area contributed by atoms with Gasteiger partial charge in [-0.3, -0.25) is 19.7 Å². The molecule has 2 aliphatic heterocycles. The van der Waals surface area contributed by atoms with Crippen molar-refractivity contribution >= 4 is 46.6 Å². The fourth-order valence-corrected chi connectivity index (χ4v) is 3.56. The SMILES string of the molecule is COC(=S)CC[C@H]1CN(c2ccc(NCCO)c(F)c2)C(=O)O1.O=C1c2ccccc2C(=O)N1O. The molecule has 2 aliphatic rings. The molecule has 2 heterocycles. The topological polar surface area (TPSA) is 129 Å². The zero-order valence-corrected chi connectivity index (χ0v) is 19.6. The van der Waals surface area contributed by atoms with Crippen LogP contribution in [-0.4, -0.2) is 71.2 Å². The average Bonchev–Trinajstić information content (AvgIpc) is 3.35. The summed E-state index contributed by atoms with van der Waals surface area (Å²) in [5, 5.41) is 21.0. The summed E-state index contributed by atoms with van der Waals surface area (Å²) in [6.07, 6.45) is 0.281. The number of fused-ring (bicyclic) bond motifs is 1. The molecule has 1 atom stereocenters. The van der Waals surface area contributed by atoms with Gasteiger partial charge in [0.05, 0.1) is 42.8 Å². The molecular weight excluding hydrogens is 481 g/mol. The Morgan fingerprint density at radius 3 is 2.43 bits per heavy atom. The molecule has 1 saturated heterocycles. The number of hydroxylamine groups is 2. The largest absolute Gasteiger partial charge is 0.490 e. The number of hydrogen-bond donors (Lipinski definition) is 3. The highest BCUT2D eigenvalue weighted by Crippen LogP contribution is 2.27. The predicted octanol–water partition coefficient (Wildman–Crippen LogP) is 2.98. The average molecular weight is 506 g/mol. The van der Waals surface area contributed by atoms with Crippen molar-refractivity contribution in [3.8, 4) is 0 Å². The number of imide groups is 1. The van der Waals surface area contributed by atoms with Crippen molar-refractivity contribution in [2.24, 2.45) is 0 Å². The van der Waals surface area contributed by atoms with Crippen LogP contribution in [0.2, 0.25) is 0 Å². The lowest BCUT2D eigenvalue weighted by molar-refractivity contribution is -0.0327. The lowest BCUT2D eigenvalue weighted by atomic mass is 10.1. The molecule has 0 radical (unpaired) electrons. The number of halogens is 1. The third-order valence-electron chi connectivity index (χ3n) is 5.24. The summed E-state index contributed by atoms with van der Waals surface area (Å²) in [6, 6.07) is 10.7. The van der Waals surface area contributed by atoms with E-state index in [9.17, 15) is 18.8 Å². The van der Waals surface area contributed by atoms with E-state index in [4.69, 9.17) is 32.0 Å².